The molecule has 0 bridgehead atoms. The fourth-order valence-corrected chi connectivity index (χ4v) is 2.50. The number of ketones is 1. The normalized spacial score (nSPS) is 17.8. The minimum atomic E-state index is -0.0152. The molecule has 1 aliphatic rings. The van der Waals surface area contributed by atoms with Gasteiger partial charge < -0.3 is 0 Å². The number of carbonyl (C=O) groups is 1. The predicted molar refractivity (Wildman–Crippen MR) is 73.3 cm³/mol. The number of rotatable bonds is 1. The number of hydrogen-bond donors (Lipinski definition) is 0. The highest BCUT2D eigenvalue weighted by Crippen LogP contribution is 2.31. The highest BCUT2D eigenvalue weighted by Gasteiger charge is 2.28. The molecule has 0 amide bonds. The van der Waals surface area contributed by atoms with Crippen molar-refractivity contribution in [1.29, 1.82) is 0 Å². The number of nitrogens with zero attached hydrogens (tertiary/aromatic N) is 1. The van der Waals surface area contributed by atoms with Crippen molar-refractivity contribution in [3.8, 4) is 0 Å². The van der Waals surface area contributed by atoms with Gasteiger partial charge >= 0.3 is 0 Å². The largest absolute Gasteiger partial charge is 0.293 e. The van der Waals surface area contributed by atoms with E-state index in [1.54, 1.807) is 12.4 Å². The number of aryl methyl sites for hydroxylation is 1. The topological polar surface area (TPSA) is 30.0 Å². The maximum atomic E-state index is 12.4. The van der Waals surface area contributed by atoms with Gasteiger partial charge in [0.05, 0.1) is 0 Å². The molecule has 0 radical (unpaired) electrons. The average molecular weight is 260 g/mol. The molecule has 0 spiro atoms. The van der Waals surface area contributed by atoms with E-state index in [2.05, 4.69) is 4.98 Å². The molecule has 1 atom stereocenters. The van der Waals surface area contributed by atoms with Gasteiger partial charge in [0.25, 0.3) is 0 Å². The zero-order valence-corrected chi connectivity index (χ0v) is 10.7. The van der Waals surface area contributed by atoms with Gasteiger partial charge in [-0.25, -0.2) is 0 Å². The van der Waals surface area contributed by atoms with Crippen LogP contribution >= 0.6 is 12.4 Å². The van der Waals surface area contributed by atoms with Crippen molar-refractivity contribution >= 4 is 18.2 Å². The van der Waals surface area contributed by atoms with Crippen LogP contribution in [-0.4, -0.2) is 10.8 Å². The van der Waals surface area contributed by atoms with Crippen molar-refractivity contribution in [3.63, 3.8) is 0 Å². The molecule has 1 aromatic carbocycles. The average Bonchev–Trinajstić information content (AvgIpc) is 2.40. The Morgan fingerprint density at radius 1 is 1.11 bits per heavy atom. The molecule has 0 fully saturated rings. The van der Waals surface area contributed by atoms with Gasteiger partial charge in [0.2, 0.25) is 0 Å². The van der Waals surface area contributed by atoms with Crippen LogP contribution in [0.2, 0.25) is 0 Å². The van der Waals surface area contributed by atoms with E-state index in [9.17, 15) is 4.79 Å². The Bertz CT molecular complexity index is 553. The highest BCUT2D eigenvalue weighted by molar-refractivity contribution is 6.03. The maximum absolute atomic E-state index is 12.4. The molecule has 2 nitrogen and oxygen atoms in total. The van der Waals surface area contributed by atoms with Crippen molar-refractivity contribution in [2.45, 2.75) is 18.8 Å². The van der Waals surface area contributed by atoms with E-state index < -0.39 is 0 Å². The summed E-state index contributed by atoms with van der Waals surface area (Å²) in [4.78, 5) is 16.5. The minimum Gasteiger partial charge on any atom is -0.293 e. The van der Waals surface area contributed by atoms with Gasteiger partial charge in [0.1, 0.15) is 0 Å². The lowest BCUT2D eigenvalue weighted by molar-refractivity contribution is 0.0946. The SMILES string of the molecule is Cl.O=C1c2ccccc2CCC1c1cccnc1. The number of fused-ring (bicyclic) bond motifs is 1. The molecule has 3 heteroatoms. The van der Waals surface area contributed by atoms with Crippen molar-refractivity contribution < 1.29 is 4.79 Å². The smallest absolute Gasteiger partial charge is 0.170 e. The summed E-state index contributed by atoms with van der Waals surface area (Å²) in [6.07, 6.45) is 5.41. The molecule has 0 saturated carbocycles. The first-order valence-electron chi connectivity index (χ1n) is 5.88. The number of carbonyl (C=O) groups excluding carboxylic acids is 1. The second kappa shape index (κ2) is 5.32. The summed E-state index contributed by atoms with van der Waals surface area (Å²) in [7, 11) is 0. The number of Topliss-reactive ketones (excluding diaryl/α,β-unsaturated/α-hetero) is 1. The van der Waals surface area contributed by atoms with Crippen LogP contribution in [0.5, 0.6) is 0 Å². The van der Waals surface area contributed by atoms with E-state index in [0.717, 1.165) is 24.0 Å². The Labute approximate surface area is 112 Å². The van der Waals surface area contributed by atoms with Crippen molar-refractivity contribution in [1.82, 2.24) is 4.98 Å². The van der Waals surface area contributed by atoms with E-state index in [1.807, 2.05) is 36.4 Å². The highest BCUT2D eigenvalue weighted by atomic mass is 35.5. The summed E-state index contributed by atoms with van der Waals surface area (Å²) in [6.45, 7) is 0. The maximum Gasteiger partial charge on any atom is 0.170 e. The van der Waals surface area contributed by atoms with Crippen LogP contribution in [0.25, 0.3) is 0 Å². The summed E-state index contributed by atoms with van der Waals surface area (Å²) in [5.74, 6) is 0.221. The van der Waals surface area contributed by atoms with Crippen LogP contribution in [0.15, 0.2) is 48.8 Å². The van der Waals surface area contributed by atoms with Crippen LogP contribution in [0.1, 0.15) is 33.8 Å². The van der Waals surface area contributed by atoms with Crippen molar-refractivity contribution in [2.24, 2.45) is 0 Å². The van der Waals surface area contributed by atoms with Gasteiger partial charge in [0.15, 0.2) is 5.78 Å². The van der Waals surface area contributed by atoms with Crippen molar-refractivity contribution in [3.05, 3.63) is 65.5 Å². The van der Waals surface area contributed by atoms with Crippen LogP contribution in [-0.2, 0) is 6.42 Å². The van der Waals surface area contributed by atoms with E-state index in [-0.39, 0.29) is 24.1 Å². The fourth-order valence-electron chi connectivity index (χ4n) is 2.50. The lowest BCUT2D eigenvalue weighted by Crippen LogP contribution is -2.20. The lowest BCUT2D eigenvalue weighted by Gasteiger charge is -2.23. The molecule has 0 N–H and O–H groups in total. The van der Waals surface area contributed by atoms with E-state index in [1.165, 1.54) is 5.56 Å². The first-order valence-corrected chi connectivity index (χ1v) is 5.88. The summed E-state index contributed by atoms with van der Waals surface area (Å²) >= 11 is 0. The van der Waals surface area contributed by atoms with Gasteiger partial charge in [-0.15, -0.1) is 12.4 Å². The first-order chi connectivity index (χ1) is 8.36. The van der Waals surface area contributed by atoms with E-state index >= 15 is 0 Å². The third-order valence-corrected chi connectivity index (χ3v) is 3.39. The minimum absolute atomic E-state index is 0. The Balaban J connectivity index is 0.00000120. The second-order valence-corrected chi connectivity index (χ2v) is 4.40. The lowest BCUT2D eigenvalue weighted by atomic mass is 9.80. The monoisotopic (exact) mass is 259 g/mol. The van der Waals surface area contributed by atoms with Crippen molar-refractivity contribution in [2.75, 3.05) is 0 Å². The quantitative estimate of drug-likeness (QED) is 0.786. The molecule has 3 rings (SSSR count). The van der Waals surface area contributed by atoms with Gasteiger partial charge in [-0.05, 0) is 30.0 Å². The molecule has 1 unspecified atom stereocenters. The van der Waals surface area contributed by atoms with Crippen LogP contribution in [0, 0.1) is 0 Å². The van der Waals surface area contributed by atoms with Gasteiger partial charge in [-0.3, -0.25) is 9.78 Å². The molecule has 0 saturated heterocycles. The molecule has 1 aromatic heterocycles. The number of aromatic nitrogens is 1. The molecular weight excluding hydrogens is 246 g/mol. The van der Waals surface area contributed by atoms with Crippen LogP contribution in [0.3, 0.4) is 0 Å². The van der Waals surface area contributed by atoms with Crippen LogP contribution < -0.4 is 0 Å². The molecule has 92 valence electrons. The van der Waals surface area contributed by atoms with E-state index in [0.29, 0.717) is 0 Å². The zero-order valence-electron chi connectivity index (χ0n) is 9.87. The summed E-state index contributed by atoms with van der Waals surface area (Å²) in [6, 6.07) is 11.8. The third kappa shape index (κ3) is 2.16. The molecular formula is C15H14ClNO. The van der Waals surface area contributed by atoms with Gasteiger partial charge in [0, 0.05) is 23.9 Å². The molecule has 1 aliphatic carbocycles. The van der Waals surface area contributed by atoms with E-state index in [4.69, 9.17) is 0 Å². The fraction of sp³-hybridized carbons (Fsp3) is 0.200. The summed E-state index contributed by atoms with van der Waals surface area (Å²) < 4.78 is 0. The Morgan fingerprint density at radius 3 is 2.72 bits per heavy atom. The molecule has 1 heterocycles. The Hall–Kier alpha value is -1.67. The number of benzene rings is 1. The first kappa shape index (κ1) is 12.8. The zero-order chi connectivity index (χ0) is 11.7. The van der Waals surface area contributed by atoms with Crippen LogP contribution in [0.4, 0.5) is 0 Å². The van der Waals surface area contributed by atoms with Gasteiger partial charge in [-0.2, -0.15) is 0 Å². The molecule has 0 aliphatic heterocycles. The predicted octanol–water partition coefficient (Wildman–Crippen LogP) is 3.42. The van der Waals surface area contributed by atoms with Gasteiger partial charge in [-0.1, -0.05) is 30.3 Å². The Morgan fingerprint density at radius 2 is 1.94 bits per heavy atom. The molecule has 18 heavy (non-hydrogen) atoms. The number of halogens is 1. The molecule has 2 aromatic rings. The summed E-state index contributed by atoms with van der Waals surface area (Å²) in [5.41, 5.74) is 3.09. The Kier molecular flexibility index (Phi) is 3.78. The third-order valence-electron chi connectivity index (χ3n) is 3.39. The second-order valence-electron chi connectivity index (χ2n) is 4.40. The number of hydrogen-bond acceptors (Lipinski definition) is 2. The number of pyridine rings is 1. The summed E-state index contributed by atoms with van der Waals surface area (Å²) in [5, 5.41) is 0. The standard InChI is InChI=1S/C15H13NO.ClH/c17-15-13-6-2-1-4-11(13)7-8-14(15)12-5-3-9-16-10-12;/h1-6,9-10,14H,7-8H2;1H.